The summed E-state index contributed by atoms with van der Waals surface area (Å²) < 4.78 is 8.85. The van der Waals surface area contributed by atoms with Crippen LogP contribution in [0, 0.1) is 0 Å². The lowest BCUT2D eigenvalue weighted by Crippen LogP contribution is -2.10. The minimum atomic E-state index is 0.658. The van der Waals surface area contributed by atoms with Gasteiger partial charge in [0.1, 0.15) is 18.2 Å². The zero-order valence-electron chi connectivity index (χ0n) is 9.77. The first kappa shape index (κ1) is 12.2. The molecule has 4 heteroatoms. The minimum Gasteiger partial charge on any atom is -0.492 e. The Morgan fingerprint density at radius 2 is 2.06 bits per heavy atom. The smallest absolute Gasteiger partial charge is 0.119 e. The summed E-state index contributed by atoms with van der Waals surface area (Å²) in [5, 5.41) is 0. The van der Waals surface area contributed by atoms with E-state index >= 15 is 0 Å². The van der Waals surface area contributed by atoms with Crippen molar-refractivity contribution in [2.75, 3.05) is 6.61 Å². The van der Waals surface area contributed by atoms with Crippen LogP contribution in [0.3, 0.4) is 0 Å². The van der Waals surface area contributed by atoms with Gasteiger partial charge in [-0.15, -0.1) is 0 Å². The molecule has 0 aliphatic heterocycles. The van der Waals surface area contributed by atoms with Crippen molar-refractivity contribution in [2.45, 2.75) is 19.9 Å². The minimum absolute atomic E-state index is 0.658. The Balaban J connectivity index is 1.85. The summed E-state index contributed by atoms with van der Waals surface area (Å²) in [5.41, 5.74) is 0. The van der Waals surface area contributed by atoms with Crippen LogP contribution >= 0.6 is 15.9 Å². The molecule has 1 aromatic heterocycles. The van der Waals surface area contributed by atoms with Crippen molar-refractivity contribution in [3.8, 4) is 5.75 Å². The zero-order valence-corrected chi connectivity index (χ0v) is 11.4. The van der Waals surface area contributed by atoms with Gasteiger partial charge in [-0.05, 0) is 24.3 Å². The maximum Gasteiger partial charge on any atom is 0.119 e. The molecule has 17 heavy (non-hydrogen) atoms. The third kappa shape index (κ3) is 3.33. The molecule has 3 nitrogen and oxygen atoms in total. The molecule has 1 aromatic carbocycles. The molecule has 90 valence electrons. The van der Waals surface area contributed by atoms with E-state index < -0.39 is 0 Å². The van der Waals surface area contributed by atoms with Crippen LogP contribution in [0.15, 0.2) is 41.1 Å². The molecule has 0 radical (unpaired) electrons. The molecule has 0 amide bonds. The quantitative estimate of drug-likeness (QED) is 0.846. The second-order valence-corrected chi connectivity index (χ2v) is 4.61. The first-order valence-electron chi connectivity index (χ1n) is 5.68. The number of nitrogens with zero attached hydrogens (tertiary/aromatic N) is 2. The Kier molecular flexibility index (Phi) is 4.20. The van der Waals surface area contributed by atoms with Gasteiger partial charge in [0.15, 0.2) is 0 Å². The Morgan fingerprint density at radius 1 is 1.29 bits per heavy atom. The van der Waals surface area contributed by atoms with Gasteiger partial charge in [0.05, 0.1) is 6.54 Å². The van der Waals surface area contributed by atoms with E-state index in [1.807, 2.05) is 36.7 Å². The molecule has 2 rings (SSSR count). The van der Waals surface area contributed by atoms with Crippen molar-refractivity contribution in [1.29, 1.82) is 0 Å². The van der Waals surface area contributed by atoms with Crippen LogP contribution in [0.25, 0.3) is 0 Å². The maximum absolute atomic E-state index is 5.66. The van der Waals surface area contributed by atoms with Gasteiger partial charge in [0, 0.05) is 23.3 Å². The van der Waals surface area contributed by atoms with Crippen LogP contribution in [-0.4, -0.2) is 16.2 Å². The number of rotatable bonds is 5. The molecule has 0 saturated heterocycles. The Hall–Kier alpha value is -1.29. The van der Waals surface area contributed by atoms with Gasteiger partial charge in [-0.1, -0.05) is 22.9 Å². The molecule has 0 unspecified atom stereocenters. The normalized spacial score (nSPS) is 10.5. The van der Waals surface area contributed by atoms with Crippen LogP contribution in [0.4, 0.5) is 0 Å². The highest BCUT2D eigenvalue weighted by molar-refractivity contribution is 9.10. The van der Waals surface area contributed by atoms with Gasteiger partial charge in [0.2, 0.25) is 0 Å². The number of halogens is 1. The summed E-state index contributed by atoms with van der Waals surface area (Å²) in [5.74, 6) is 2.00. The standard InChI is InChI=1S/C13H15BrN2O/c1-2-13-15-7-8-16(13)9-10-17-12-5-3-11(14)4-6-12/h3-8H,2,9-10H2,1H3. The van der Waals surface area contributed by atoms with E-state index in [0.29, 0.717) is 6.61 Å². The number of hydrogen-bond acceptors (Lipinski definition) is 2. The summed E-state index contributed by atoms with van der Waals surface area (Å²) in [6, 6.07) is 7.87. The molecule has 0 N–H and O–H groups in total. The van der Waals surface area contributed by atoms with E-state index in [4.69, 9.17) is 4.74 Å². The summed E-state index contributed by atoms with van der Waals surface area (Å²) in [7, 11) is 0. The Bertz CT molecular complexity index is 465. The monoisotopic (exact) mass is 294 g/mol. The van der Waals surface area contributed by atoms with E-state index in [1.54, 1.807) is 0 Å². The Labute approximate surface area is 110 Å². The highest BCUT2D eigenvalue weighted by Gasteiger charge is 2.00. The number of hydrogen-bond donors (Lipinski definition) is 0. The second kappa shape index (κ2) is 5.87. The molecule has 2 aromatic rings. The summed E-state index contributed by atoms with van der Waals surface area (Å²) in [6.45, 7) is 3.60. The molecule has 0 atom stereocenters. The fourth-order valence-corrected chi connectivity index (χ4v) is 1.92. The number of aromatic nitrogens is 2. The third-order valence-corrected chi connectivity index (χ3v) is 3.06. The van der Waals surface area contributed by atoms with Crippen LogP contribution in [0.2, 0.25) is 0 Å². The van der Waals surface area contributed by atoms with Crippen molar-refractivity contribution < 1.29 is 4.74 Å². The first-order valence-corrected chi connectivity index (χ1v) is 6.47. The molecule has 0 bridgehead atoms. The highest BCUT2D eigenvalue weighted by Crippen LogP contribution is 2.16. The molecule has 0 fully saturated rings. The molecule has 0 spiro atoms. The molecule has 1 heterocycles. The van der Waals surface area contributed by atoms with Gasteiger partial charge in [0.25, 0.3) is 0 Å². The number of aryl methyl sites for hydroxylation is 1. The van der Waals surface area contributed by atoms with Crippen molar-refractivity contribution in [1.82, 2.24) is 9.55 Å². The van der Waals surface area contributed by atoms with E-state index in [2.05, 4.69) is 32.4 Å². The summed E-state index contributed by atoms with van der Waals surface area (Å²) in [4.78, 5) is 4.27. The van der Waals surface area contributed by atoms with E-state index in [9.17, 15) is 0 Å². The molecule has 0 aliphatic rings. The van der Waals surface area contributed by atoms with Crippen LogP contribution in [0.1, 0.15) is 12.7 Å². The summed E-state index contributed by atoms with van der Waals surface area (Å²) >= 11 is 3.40. The van der Waals surface area contributed by atoms with Crippen LogP contribution in [0.5, 0.6) is 5.75 Å². The highest BCUT2D eigenvalue weighted by atomic mass is 79.9. The van der Waals surface area contributed by atoms with E-state index in [1.165, 1.54) is 0 Å². The topological polar surface area (TPSA) is 27.1 Å². The zero-order chi connectivity index (χ0) is 12.1. The number of benzene rings is 1. The van der Waals surface area contributed by atoms with Crippen molar-refractivity contribution in [3.63, 3.8) is 0 Å². The molecular weight excluding hydrogens is 280 g/mol. The second-order valence-electron chi connectivity index (χ2n) is 3.69. The predicted molar refractivity (Wildman–Crippen MR) is 71.2 cm³/mol. The van der Waals surface area contributed by atoms with Crippen LogP contribution < -0.4 is 4.74 Å². The van der Waals surface area contributed by atoms with Gasteiger partial charge in [-0.2, -0.15) is 0 Å². The lowest BCUT2D eigenvalue weighted by molar-refractivity contribution is 0.296. The fraction of sp³-hybridized carbons (Fsp3) is 0.308. The average Bonchev–Trinajstić information content (AvgIpc) is 2.79. The lowest BCUT2D eigenvalue weighted by atomic mass is 10.3. The SMILES string of the molecule is CCc1nccn1CCOc1ccc(Br)cc1. The molecule has 0 saturated carbocycles. The predicted octanol–water partition coefficient (Wildman–Crippen LogP) is 3.29. The van der Waals surface area contributed by atoms with E-state index in [0.717, 1.165) is 29.0 Å². The van der Waals surface area contributed by atoms with Crippen LogP contribution in [-0.2, 0) is 13.0 Å². The van der Waals surface area contributed by atoms with Gasteiger partial charge < -0.3 is 9.30 Å². The van der Waals surface area contributed by atoms with Gasteiger partial charge in [-0.25, -0.2) is 4.98 Å². The third-order valence-electron chi connectivity index (χ3n) is 2.53. The van der Waals surface area contributed by atoms with Crippen molar-refractivity contribution in [3.05, 3.63) is 47.0 Å². The number of imidazole rings is 1. The average molecular weight is 295 g/mol. The maximum atomic E-state index is 5.66. The van der Waals surface area contributed by atoms with Gasteiger partial charge in [-0.3, -0.25) is 0 Å². The molecular formula is C13H15BrN2O. The Morgan fingerprint density at radius 3 is 2.76 bits per heavy atom. The van der Waals surface area contributed by atoms with E-state index in [-0.39, 0.29) is 0 Å². The van der Waals surface area contributed by atoms with Crippen molar-refractivity contribution >= 4 is 15.9 Å². The largest absolute Gasteiger partial charge is 0.492 e. The lowest BCUT2D eigenvalue weighted by Gasteiger charge is -2.08. The fourth-order valence-electron chi connectivity index (χ4n) is 1.65. The van der Waals surface area contributed by atoms with Gasteiger partial charge >= 0.3 is 0 Å². The molecule has 0 aliphatic carbocycles. The number of ether oxygens (including phenoxy) is 1. The summed E-state index contributed by atoms with van der Waals surface area (Å²) in [6.07, 6.45) is 4.77. The first-order chi connectivity index (χ1) is 8.29. The van der Waals surface area contributed by atoms with Crippen molar-refractivity contribution in [2.24, 2.45) is 0 Å².